The van der Waals surface area contributed by atoms with Gasteiger partial charge in [0.2, 0.25) is 29.6 Å². The Kier molecular flexibility index (Phi) is 22.5. The van der Waals surface area contributed by atoms with E-state index < -0.39 is 13.1 Å². The van der Waals surface area contributed by atoms with Gasteiger partial charge in [-0.3, -0.25) is 14.0 Å². The van der Waals surface area contributed by atoms with E-state index in [0.29, 0.717) is 134 Å². The van der Waals surface area contributed by atoms with Gasteiger partial charge in [0, 0.05) is 88.1 Å². The van der Waals surface area contributed by atoms with Crippen LogP contribution in [0.1, 0.15) is 83.4 Å². The smallest absolute Gasteiger partial charge is 0.409 e. The standard InChI is InChI=1S/C34H33N7O4.C21H21NO4.C13H14N6O.CH3F.BH2.U/c35-33-39-30-29(37-20-38-30)32(40-33)44-18-22-11-9-21(10-12-22)17-36-31(42)23-13-15-41(16-14-23)34(43)45-19-28-26-7-3-1-5-24(26)25-6-2-4-8-27(25)28;23-20(24)14-9-11-22(12-10-14)21(25)26-13-19-17-7-3-1-5-15(17)16-6-2-4-8-18(16)19;14-5-8-1-3-9(4-2-8)6-20-12-10-11(17-7-16-10)18-13(15)19-12;1-2;;/h1-12,20,23,28H,13-19H2,(H,36,42)(H3,35,37,38,39,40);1-8,14,19H,9-13H2,(H,23,24);1-4,7H,5-6,14H2,(H3,15,16,17,18,19);1H3;1H2;/i;;;1D;1T2;. The van der Waals surface area contributed by atoms with Gasteiger partial charge in [-0.1, -0.05) is 146 Å². The number of hydrogen-bond donors (Lipinski definition) is 7. The number of aromatic amines is 2. The van der Waals surface area contributed by atoms with E-state index in [1.54, 1.807) is 9.80 Å². The number of alkyl halides is 1. The van der Waals surface area contributed by atoms with Crippen LogP contribution in [0, 0.1) is 42.9 Å². The number of piperidine rings is 2. The molecule has 0 saturated carbocycles. The van der Waals surface area contributed by atoms with Gasteiger partial charge in [-0.25, -0.2) is 19.6 Å². The van der Waals surface area contributed by atoms with Crippen molar-refractivity contribution >= 4 is 66.6 Å². The van der Waals surface area contributed by atoms with Crippen LogP contribution in [0.4, 0.5) is 25.9 Å². The number of imidazole rings is 2. The summed E-state index contributed by atoms with van der Waals surface area (Å²) >= 11 is 0. The Morgan fingerprint density at radius 2 is 0.958 bits per heavy atom. The maximum Gasteiger partial charge on any atom is 0.409 e. The fraction of sp³-hybridized carbons (Fsp3) is 0.275. The maximum absolute atomic E-state index is 13.0. The Morgan fingerprint density at radius 3 is 1.34 bits per heavy atom. The molecule has 3 amide bonds. The molecule has 6 heterocycles. The van der Waals surface area contributed by atoms with Crippen molar-refractivity contribution in [2.24, 2.45) is 17.6 Å². The van der Waals surface area contributed by atoms with E-state index in [1.165, 1.54) is 57.2 Å². The molecule has 487 valence electrons. The van der Waals surface area contributed by atoms with Crippen LogP contribution >= 0.6 is 0 Å². The van der Waals surface area contributed by atoms with Crippen molar-refractivity contribution in [3.05, 3.63) is 203 Å². The number of nitrogens with two attached hydrogens (primary N) is 3. The van der Waals surface area contributed by atoms with E-state index in [2.05, 4.69) is 93.7 Å². The van der Waals surface area contributed by atoms with Crippen molar-refractivity contribution in [1.29, 1.82) is 2.67 Å². The quantitative estimate of drug-likeness (QED) is 0.0470. The molecule has 2 aliphatic heterocycles. The molecule has 14 rings (SSSR count). The van der Waals surface area contributed by atoms with Gasteiger partial charge in [0.1, 0.15) is 37.5 Å². The van der Waals surface area contributed by atoms with E-state index in [1.807, 2.05) is 97.1 Å². The van der Waals surface area contributed by atoms with Crippen molar-refractivity contribution in [2.75, 3.05) is 58.0 Å². The minimum absolute atomic E-state index is 0. The van der Waals surface area contributed by atoms with Gasteiger partial charge in [-0.15, -0.1) is 0 Å². The van der Waals surface area contributed by atoms with Gasteiger partial charge in [0.25, 0.3) is 0 Å². The molecular weight excluding hydrogens is 1440 g/mol. The van der Waals surface area contributed by atoms with E-state index in [9.17, 15) is 23.6 Å². The number of carbonyl (C=O) groups is 4. The Bertz CT molecular complexity index is 4210. The van der Waals surface area contributed by atoms with Gasteiger partial charge in [-0.05, 0) is 95.1 Å². The molecule has 0 bridgehead atoms. The second-order valence-electron chi connectivity index (χ2n) is 22.6. The molecule has 4 aromatic heterocycles. The number of amides is 3. The first-order valence-corrected chi connectivity index (χ1v) is 30.5. The van der Waals surface area contributed by atoms with Gasteiger partial charge >= 0.3 is 18.2 Å². The van der Waals surface area contributed by atoms with Crippen LogP contribution in [-0.4, -0.2) is 136 Å². The van der Waals surface area contributed by atoms with E-state index in [-0.39, 0.29) is 84.8 Å². The molecule has 0 unspecified atom stereocenters. The third-order valence-corrected chi connectivity index (χ3v) is 16.9. The molecule has 4 aliphatic rings. The largest absolute Gasteiger partial charge is 0.481 e. The molecule has 10 aromatic rings. The molecule has 2 aliphatic carbocycles. The monoisotopic (exact) mass is 1510 g/mol. The number of ether oxygens (including phenoxy) is 4. The summed E-state index contributed by atoms with van der Waals surface area (Å²) in [4.78, 5) is 83.0. The van der Waals surface area contributed by atoms with Crippen LogP contribution in [-0.2, 0) is 45.4 Å². The first-order valence-electron chi connectivity index (χ1n) is 32.3. The summed E-state index contributed by atoms with van der Waals surface area (Å²) in [6.45, 7) is 4.07. The average molecular weight is 1520 g/mol. The SMILES string of the molecule is NCc1ccc(COc2nc(N)nc3nc[nH]c23)cc1.Nc1nc(OCc2ccc(CNC(=O)C3CCN(C(=O)OCC4c5ccccc5-c5ccccc54)CC3)cc2)c2[nH]cnc2n1.O=C(O)C1CCN(C(=O)OCC2c3ccccc3-c3ccccc32)CC1.[2H]CF.[3H][B][3H].[U]. The first-order chi connectivity index (χ1) is 47.3. The second-order valence-corrected chi connectivity index (χ2v) is 22.6. The number of rotatable bonds is 15. The molecule has 6 aromatic carbocycles. The third kappa shape index (κ3) is 16.5. The Morgan fingerprint density at radius 1 is 0.600 bits per heavy atom. The van der Waals surface area contributed by atoms with Crippen molar-refractivity contribution < 1.29 is 80.1 Å². The Balaban J connectivity index is 0.000000179. The zero-order chi connectivity index (χ0) is 68.2. The zero-order valence-electron chi connectivity index (χ0n) is 54.9. The number of nitrogens with zero attached hydrogens (tertiary/aromatic N) is 8. The maximum atomic E-state index is 13.0. The number of anilines is 2. The Hall–Kier alpha value is -9.89. The summed E-state index contributed by atoms with van der Waals surface area (Å²) in [6, 6.07) is 48.7. The van der Waals surface area contributed by atoms with Gasteiger partial charge < -0.3 is 66.3 Å². The zero-order valence-corrected chi connectivity index (χ0v) is 56.1. The summed E-state index contributed by atoms with van der Waals surface area (Å²) in [7, 11) is -0.500. The number of benzene rings is 6. The number of aromatic nitrogens is 8. The number of carboxylic acids is 1. The fourth-order valence-electron chi connectivity index (χ4n) is 12.0. The minimum Gasteiger partial charge on any atom is -0.481 e. The van der Waals surface area contributed by atoms with Gasteiger partial charge in [-0.2, -0.15) is 19.9 Å². The van der Waals surface area contributed by atoms with E-state index in [4.69, 9.17) is 45.3 Å². The number of nitrogens with one attached hydrogen (secondary N) is 3. The number of likely N-dealkylation sites (tertiary alicyclic amines) is 2. The average Bonchev–Trinajstić information content (AvgIpc) is 1.62. The molecule has 2 fully saturated rings. The fourth-order valence-corrected chi connectivity index (χ4v) is 12.0. The Labute approximate surface area is 577 Å². The van der Waals surface area contributed by atoms with Gasteiger partial charge in [0.05, 0.1) is 35.4 Å². The summed E-state index contributed by atoms with van der Waals surface area (Å²) in [5, 5.41) is 12.1. The van der Waals surface area contributed by atoms with Crippen LogP contribution in [0.2, 0.25) is 0 Å². The molecule has 10 N–H and O–H groups in total. The first kappa shape index (κ1) is 65.2. The van der Waals surface area contributed by atoms with Gasteiger partial charge in [0.15, 0.2) is 11.3 Å². The number of nitrogen functional groups attached to an aromatic ring is 2. The van der Waals surface area contributed by atoms with Crippen LogP contribution in [0.15, 0.2) is 158 Å². The van der Waals surface area contributed by atoms with Crippen LogP contribution in [0.5, 0.6) is 11.8 Å². The number of carbonyl (C=O) groups excluding carboxylic acids is 3. The molecule has 26 heteroatoms. The predicted molar refractivity (Wildman–Crippen MR) is 355 cm³/mol. The van der Waals surface area contributed by atoms with E-state index >= 15 is 0 Å². The molecule has 0 atom stereocenters. The second kappa shape index (κ2) is 32.8. The predicted octanol–water partition coefficient (Wildman–Crippen LogP) is 9.17. The molecule has 23 nitrogen and oxygen atoms in total. The van der Waals surface area contributed by atoms with E-state index in [0.717, 1.165) is 22.3 Å². The number of halogens is 1. The molecule has 95 heavy (non-hydrogen) atoms. The van der Waals surface area contributed by atoms with Crippen LogP contribution < -0.4 is 32.0 Å². The molecule has 0 spiro atoms. The summed E-state index contributed by atoms with van der Waals surface area (Å²) in [5.74, 6) is -0.236. The minimum atomic E-state index is -1.00. The normalized spacial score (nSPS) is 14.2. The number of H-pyrrole nitrogens is 2. The molecular formula is C69H73BFN14O9U. The topological polar surface area (TPSA) is 331 Å². The summed E-state index contributed by atoms with van der Waals surface area (Å²) < 4.78 is 50.0. The number of hydrogen-bond acceptors (Lipinski definition) is 17. The van der Waals surface area contributed by atoms with Crippen molar-refractivity contribution in [3.63, 3.8) is 0 Å². The van der Waals surface area contributed by atoms with Crippen LogP contribution in [0.25, 0.3) is 44.6 Å². The summed E-state index contributed by atoms with van der Waals surface area (Å²) in [5.41, 5.74) is 32.7. The van der Waals surface area contributed by atoms with Crippen molar-refractivity contribution in [3.8, 4) is 34.0 Å². The van der Waals surface area contributed by atoms with Crippen molar-refractivity contribution in [1.82, 2.24) is 55.0 Å². The summed E-state index contributed by atoms with van der Waals surface area (Å²) in [6.07, 6.45) is 4.55. The molecule has 2 saturated heterocycles. The molecule has 1 radical (unpaired) electrons. The number of carboxylic acid groups (broad SMARTS) is 1. The van der Waals surface area contributed by atoms with Crippen molar-refractivity contribution in [2.45, 2.75) is 63.8 Å². The number of aliphatic carboxylic acids is 1. The third-order valence-electron chi connectivity index (χ3n) is 16.9. The van der Waals surface area contributed by atoms with Crippen LogP contribution in [0.3, 0.4) is 0 Å². The number of fused-ring (bicyclic) bond motifs is 8.